The fraction of sp³-hybridized carbons (Fsp3) is 0.941. The largest absolute Gasteiger partial charge is 0.466 e. The molecule has 440 valence electrons. The lowest BCUT2D eigenvalue weighted by molar-refractivity contribution is -0.143. The highest BCUT2D eigenvalue weighted by Gasteiger charge is 2.20. The summed E-state index contributed by atoms with van der Waals surface area (Å²) in [6.07, 6.45) is 78.1. The smallest absolute Gasteiger partial charge is 0.305 e. The molecule has 74 heavy (non-hydrogen) atoms. The maximum absolute atomic E-state index is 12.5. The third-order valence-corrected chi connectivity index (χ3v) is 16.1. The van der Waals surface area contributed by atoms with Crippen LogP contribution in [-0.2, 0) is 14.3 Å². The van der Waals surface area contributed by atoms with Crippen molar-refractivity contribution < 1.29 is 24.5 Å². The summed E-state index contributed by atoms with van der Waals surface area (Å²) in [4.78, 5) is 24.6. The van der Waals surface area contributed by atoms with Crippen LogP contribution in [-0.4, -0.2) is 47.4 Å². The predicted octanol–water partition coefficient (Wildman–Crippen LogP) is 21.6. The van der Waals surface area contributed by atoms with Crippen molar-refractivity contribution in [1.29, 1.82) is 0 Å². The second-order valence-electron chi connectivity index (χ2n) is 23.5. The van der Waals surface area contributed by atoms with Gasteiger partial charge in [-0.1, -0.05) is 334 Å². The molecule has 0 aromatic rings. The van der Waals surface area contributed by atoms with Gasteiger partial charge in [0.1, 0.15) is 0 Å². The number of allylic oxidation sites excluding steroid dienone is 2. The number of nitrogens with one attached hydrogen (secondary N) is 1. The van der Waals surface area contributed by atoms with Gasteiger partial charge in [0, 0.05) is 12.8 Å². The van der Waals surface area contributed by atoms with Crippen molar-refractivity contribution in [2.45, 2.75) is 398 Å². The van der Waals surface area contributed by atoms with Crippen LogP contribution in [0.2, 0.25) is 0 Å². The minimum Gasteiger partial charge on any atom is -0.466 e. The number of esters is 1. The zero-order valence-corrected chi connectivity index (χ0v) is 50.4. The molecule has 0 fully saturated rings. The van der Waals surface area contributed by atoms with Gasteiger partial charge in [-0.05, 0) is 51.4 Å². The number of carbonyl (C=O) groups excluding carboxylic acids is 2. The highest BCUT2D eigenvalue weighted by molar-refractivity contribution is 5.76. The molecule has 0 radical (unpaired) electrons. The average molecular weight is 1040 g/mol. The van der Waals surface area contributed by atoms with Crippen molar-refractivity contribution in [1.82, 2.24) is 5.32 Å². The molecule has 0 rings (SSSR count). The molecule has 0 heterocycles. The first-order valence-electron chi connectivity index (χ1n) is 33.9. The molecule has 6 heteroatoms. The van der Waals surface area contributed by atoms with Crippen molar-refractivity contribution >= 4 is 11.9 Å². The highest BCUT2D eigenvalue weighted by atomic mass is 16.5. The number of aliphatic hydroxyl groups is 2. The van der Waals surface area contributed by atoms with E-state index in [-0.39, 0.29) is 18.5 Å². The van der Waals surface area contributed by atoms with E-state index in [0.717, 1.165) is 38.5 Å². The number of aliphatic hydroxyl groups excluding tert-OH is 2. The Morgan fingerprint density at radius 1 is 0.365 bits per heavy atom. The van der Waals surface area contributed by atoms with Crippen molar-refractivity contribution in [3.63, 3.8) is 0 Å². The van der Waals surface area contributed by atoms with Crippen LogP contribution < -0.4 is 5.32 Å². The molecule has 6 nitrogen and oxygen atoms in total. The predicted molar refractivity (Wildman–Crippen MR) is 324 cm³/mol. The molecule has 0 saturated heterocycles. The molecule has 2 atom stereocenters. The Labute approximate surface area is 463 Å². The summed E-state index contributed by atoms with van der Waals surface area (Å²) in [6, 6.07) is -0.546. The SMILES string of the molecule is CCCCCCCCCCCCCCCCCCCC(=O)OCCCCCCCCCCCCCC/C=C\CCCCCCCCCC(=O)NC(CO)C(O)CCCCCCCCCCCCCCCCCCC. The van der Waals surface area contributed by atoms with Gasteiger partial charge < -0.3 is 20.3 Å². The Hall–Kier alpha value is -1.40. The Morgan fingerprint density at radius 3 is 0.959 bits per heavy atom. The lowest BCUT2D eigenvalue weighted by atomic mass is 10.0. The Balaban J connectivity index is 3.38. The van der Waals surface area contributed by atoms with Crippen molar-refractivity contribution in [3.8, 4) is 0 Å². The monoisotopic (exact) mass is 1040 g/mol. The normalized spacial score (nSPS) is 12.5. The fourth-order valence-corrected chi connectivity index (χ4v) is 10.9. The van der Waals surface area contributed by atoms with Crippen LogP contribution in [0.5, 0.6) is 0 Å². The summed E-state index contributed by atoms with van der Waals surface area (Å²) >= 11 is 0. The number of ether oxygens (including phenoxy) is 1. The molecule has 0 saturated carbocycles. The van der Waals surface area contributed by atoms with Crippen LogP contribution in [0.1, 0.15) is 386 Å². The Bertz CT molecular complexity index is 1110. The van der Waals surface area contributed by atoms with Gasteiger partial charge in [0.2, 0.25) is 5.91 Å². The van der Waals surface area contributed by atoms with Gasteiger partial charge in [-0.3, -0.25) is 9.59 Å². The molecular weight excluding hydrogens is 911 g/mol. The van der Waals surface area contributed by atoms with Crippen LogP contribution in [0.15, 0.2) is 12.2 Å². The number of rotatable bonds is 64. The first-order valence-corrected chi connectivity index (χ1v) is 33.9. The molecule has 0 bridgehead atoms. The van der Waals surface area contributed by atoms with E-state index in [1.807, 2.05) is 0 Å². The van der Waals surface area contributed by atoms with E-state index in [2.05, 4.69) is 31.3 Å². The topological polar surface area (TPSA) is 95.9 Å². The van der Waals surface area contributed by atoms with Crippen LogP contribution >= 0.6 is 0 Å². The number of unbranched alkanes of at least 4 members (excludes halogenated alkanes) is 51. The van der Waals surface area contributed by atoms with E-state index in [0.29, 0.717) is 25.9 Å². The van der Waals surface area contributed by atoms with Gasteiger partial charge in [-0.2, -0.15) is 0 Å². The van der Waals surface area contributed by atoms with Gasteiger partial charge in [0.05, 0.1) is 25.4 Å². The van der Waals surface area contributed by atoms with E-state index in [1.165, 1.54) is 315 Å². The minimum atomic E-state index is -0.668. The zero-order chi connectivity index (χ0) is 53.6. The maximum Gasteiger partial charge on any atom is 0.305 e. The van der Waals surface area contributed by atoms with Crippen molar-refractivity contribution in [2.75, 3.05) is 13.2 Å². The van der Waals surface area contributed by atoms with Gasteiger partial charge in [-0.25, -0.2) is 0 Å². The molecule has 0 aromatic carbocycles. The second-order valence-corrected chi connectivity index (χ2v) is 23.5. The molecule has 0 aliphatic heterocycles. The minimum absolute atomic E-state index is 0.0165. The number of hydrogen-bond acceptors (Lipinski definition) is 5. The van der Waals surface area contributed by atoms with Crippen LogP contribution in [0, 0.1) is 0 Å². The number of hydrogen-bond donors (Lipinski definition) is 3. The lowest BCUT2D eigenvalue weighted by Gasteiger charge is -2.22. The maximum atomic E-state index is 12.5. The molecule has 0 spiro atoms. The summed E-state index contributed by atoms with van der Waals surface area (Å²) in [7, 11) is 0. The third-order valence-electron chi connectivity index (χ3n) is 16.1. The summed E-state index contributed by atoms with van der Waals surface area (Å²) < 4.78 is 5.50. The summed E-state index contributed by atoms with van der Waals surface area (Å²) in [5.41, 5.74) is 0. The van der Waals surface area contributed by atoms with E-state index in [9.17, 15) is 19.8 Å². The number of amides is 1. The molecule has 0 aliphatic rings. The molecular formula is C68H133NO5. The number of carbonyl (C=O) groups is 2. The van der Waals surface area contributed by atoms with Crippen LogP contribution in [0.25, 0.3) is 0 Å². The van der Waals surface area contributed by atoms with Crippen LogP contribution in [0.4, 0.5) is 0 Å². The summed E-state index contributed by atoms with van der Waals surface area (Å²) in [5.74, 6) is -0.0212. The highest BCUT2D eigenvalue weighted by Crippen LogP contribution is 2.19. The zero-order valence-electron chi connectivity index (χ0n) is 50.4. The molecule has 2 unspecified atom stereocenters. The summed E-state index contributed by atoms with van der Waals surface area (Å²) in [5, 5.41) is 23.3. The molecule has 0 aliphatic carbocycles. The third kappa shape index (κ3) is 59.8. The van der Waals surface area contributed by atoms with E-state index in [4.69, 9.17) is 4.74 Å². The molecule has 0 aromatic heterocycles. The Morgan fingerprint density at radius 2 is 0.635 bits per heavy atom. The van der Waals surface area contributed by atoms with Gasteiger partial charge >= 0.3 is 5.97 Å². The molecule has 1 amide bonds. The summed E-state index contributed by atoms with van der Waals surface area (Å²) in [6.45, 7) is 4.99. The van der Waals surface area contributed by atoms with E-state index < -0.39 is 12.1 Å². The first kappa shape index (κ1) is 72.6. The average Bonchev–Trinajstić information content (AvgIpc) is 3.40. The quantitative estimate of drug-likeness (QED) is 0.0320. The lowest BCUT2D eigenvalue weighted by Crippen LogP contribution is -2.45. The molecule has 3 N–H and O–H groups in total. The van der Waals surface area contributed by atoms with Gasteiger partial charge in [-0.15, -0.1) is 0 Å². The first-order chi connectivity index (χ1) is 36.5. The van der Waals surface area contributed by atoms with Crippen molar-refractivity contribution in [3.05, 3.63) is 12.2 Å². The van der Waals surface area contributed by atoms with E-state index in [1.54, 1.807) is 0 Å². The Kier molecular flexibility index (Phi) is 62.9. The fourth-order valence-electron chi connectivity index (χ4n) is 10.9. The van der Waals surface area contributed by atoms with E-state index >= 15 is 0 Å². The standard InChI is InChI=1S/C68H133NO5/c1-3-5-7-9-11-13-15-17-19-28-32-36-40-44-48-52-56-60-66(71)65(64-70)69-67(72)61-57-53-49-45-41-37-33-30-26-24-22-21-23-25-27-31-35-39-43-47-51-55-59-63-74-68(73)62-58-54-50-46-42-38-34-29-20-18-16-14-12-10-8-6-4-2/h24,26,65-66,70-71H,3-23,25,27-64H2,1-2H3,(H,69,72)/b26-24-. The van der Waals surface area contributed by atoms with Gasteiger partial charge in [0.15, 0.2) is 0 Å². The van der Waals surface area contributed by atoms with Crippen molar-refractivity contribution in [2.24, 2.45) is 0 Å². The second kappa shape index (κ2) is 64.1. The van der Waals surface area contributed by atoms with Gasteiger partial charge in [0.25, 0.3) is 0 Å². The van der Waals surface area contributed by atoms with Crippen LogP contribution in [0.3, 0.4) is 0 Å².